The summed E-state index contributed by atoms with van der Waals surface area (Å²) in [6.45, 7) is 1.84. The summed E-state index contributed by atoms with van der Waals surface area (Å²) in [6, 6.07) is 0. The van der Waals surface area contributed by atoms with Gasteiger partial charge in [0.15, 0.2) is 0 Å². The van der Waals surface area contributed by atoms with Gasteiger partial charge in [0.25, 0.3) is 5.56 Å². The summed E-state index contributed by atoms with van der Waals surface area (Å²) in [6.07, 6.45) is 9.70. The quantitative estimate of drug-likeness (QED) is 0.726. The van der Waals surface area contributed by atoms with Crippen molar-refractivity contribution in [3.05, 3.63) is 21.0 Å². The van der Waals surface area contributed by atoms with Crippen LogP contribution in [-0.2, 0) is 11.3 Å². The molecule has 1 fully saturated rings. The molecule has 5 nitrogen and oxygen atoms in total. The van der Waals surface area contributed by atoms with Crippen LogP contribution in [0.1, 0.15) is 38.5 Å². The molecule has 0 bridgehead atoms. The third-order valence-electron chi connectivity index (χ3n) is 4.07. The largest absolute Gasteiger partial charge is 0.383 e. The Labute approximate surface area is 134 Å². The van der Waals surface area contributed by atoms with Gasteiger partial charge in [-0.05, 0) is 34.7 Å². The van der Waals surface area contributed by atoms with E-state index < -0.39 is 0 Å². The molecule has 0 radical (unpaired) electrons. The van der Waals surface area contributed by atoms with E-state index in [-0.39, 0.29) is 5.56 Å². The third-order valence-corrected chi connectivity index (χ3v) is 4.84. The molecule has 0 saturated heterocycles. The van der Waals surface area contributed by atoms with Crippen molar-refractivity contribution in [1.29, 1.82) is 0 Å². The summed E-state index contributed by atoms with van der Waals surface area (Å²) in [4.78, 5) is 12.1. The fourth-order valence-electron chi connectivity index (χ4n) is 2.84. The van der Waals surface area contributed by atoms with E-state index in [9.17, 15) is 4.79 Å². The van der Waals surface area contributed by atoms with E-state index in [0.717, 1.165) is 24.6 Å². The summed E-state index contributed by atoms with van der Waals surface area (Å²) in [5, 5.41) is 7.47. The highest BCUT2D eigenvalue weighted by Crippen LogP contribution is 2.28. The first-order valence-electron chi connectivity index (χ1n) is 7.71. The highest BCUT2D eigenvalue weighted by Gasteiger charge is 2.14. The Bertz CT molecular complexity index is 498. The lowest BCUT2D eigenvalue weighted by molar-refractivity contribution is 0.181. The summed E-state index contributed by atoms with van der Waals surface area (Å²) < 4.78 is 6.93. The molecule has 21 heavy (non-hydrogen) atoms. The second-order valence-corrected chi connectivity index (χ2v) is 6.41. The second-order valence-electron chi connectivity index (χ2n) is 5.61. The molecule has 0 aliphatic heterocycles. The minimum atomic E-state index is -0.118. The number of nitrogens with one attached hydrogen (secondary N) is 1. The van der Waals surface area contributed by atoms with Gasteiger partial charge >= 0.3 is 0 Å². The Kier molecular flexibility index (Phi) is 6.70. The fraction of sp³-hybridized carbons (Fsp3) is 0.733. The number of anilines is 1. The molecule has 1 aliphatic rings. The molecular formula is C15H24BrN3O2. The number of hydrogen-bond donors (Lipinski definition) is 1. The summed E-state index contributed by atoms with van der Waals surface area (Å²) in [5.74, 6) is 0.912. The number of hydrogen-bond acceptors (Lipinski definition) is 4. The minimum Gasteiger partial charge on any atom is -0.383 e. The van der Waals surface area contributed by atoms with E-state index in [4.69, 9.17) is 4.74 Å². The van der Waals surface area contributed by atoms with Gasteiger partial charge in [-0.2, -0.15) is 5.10 Å². The van der Waals surface area contributed by atoms with Crippen molar-refractivity contribution in [2.75, 3.05) is 25.6 Å². The second kappa shape index (κ2) is 8.54. The number of ether oxygens (including phenoxy) is 1. The van der Waals surface area contributed by atoms with Gasteiger partial charge in [0, 0.05) is 13.7 Å². The molecule has 1 aromatic rings. The lowest BCUT2D eigenvalue weighted by Crippen LogP contribution is -2.26. The van der Waals surface area contributed by atoms with Crippen LogP contribution in [0.25, 0.3) is 0 Å². The lowest BCUT2D eigenvalue weighted by atomic mass is 10.0. The fourth-order valence-corrected chi connectivity index (χ4v) is 3.29. The molecule has 118 valence electrons. The first kappa shape index (κ1) is 16.5. The molecule has 1 N–H and O–H groups in total. The third kappa shape index (κ3) is 4.81. The molecule has 0 atom stereocenters. The standard InChI is InChI=1S/C15H24BrN3O2/c1-21-10-9-19-15(20)14(16)13(11-18-19)17-8-4-7-12-5-2-3-6-12/h11-12,17H,2-10H2,1H3. The van der Waals surface area contributed by atoms with Crippen molar-refractivity contribution < 1.29 is 4.74 Å². The summed E-state index contributed by atoms with van der Waals surface area (Å²) in [7, 11) is 1.61. The maximum atomic E-state index is 12.1. The molecule has 1 heterocycles. The van der Waals surface area contributed by atoms with Crippen LogP contribution in [0, 0.1) is 5.92 Å². The van der Waals surface area contributed by atoms with Crippen molar-refractivity contribution in [1.82, 2.24) is 9.78 Å². The van der Waals surface area contributed by atoms with Gasteiger partial charge in [-0.15, -0.1) is 0 Å². The predicted octanol–water partition coefficient (Wildman–Crippen LogP) is 3.03. The normalized spacial score (nSPS) is 15.5. The zero-order valence-corrected chi connectivity index (χ0v) is 14.2. The van der Waals surface area contributed by atoms with E-state index in [0.29, 0.717) is 17.6 Å². The van der Waals surface area contributed by atoms with E-state index in [1.165, 1.54) is 36.8 Å². The number of aromatic nitrogens is 2. The SMILES string of the molecule is COCCn1ncc(NCCCC2CCCC2)c(Br)c1=O. The smallest absolute Gasteiger partial charge is 0.283 e. The van der Waals surface area contributed by atoms with E-state index in [1.54, 1.807) is 13.3 Å². The average Bonchev–Trinajstić information content (AvgIpc) is 3.00. The van der Waals surface area contributed by atoms with Crippen LogP contribution in [0.3, 0.4) is 0 Å². The molecule has 6 heteroatoms. The highest BCUT2D eigenvalue weighted by molar-refractivity contribution is 9.10. The first-order chi connectivity index (χ1) is 10.2. The summed E-state index contributed by atoms with van der Waals surface area (Å²) in [5.41, 5.74) is 0.660. The van der Waals surface area contributed by atoms with Crippen LogP contribution in [0.15, 0.2) is 15.5 Å². The van der Waals surface area contributed by atoms with Gasteiger partial charge in [0.1, 0.15) is 4.47 Å². The van der Waals surface area contributed by atoms with Gasteiger partial charge in [0.2, 0.25) is 0 Å². The van der Waals surface area contributed by atoms with E-state index >= 15 is 0 Å². The Morgan fingerprint density at radius 2 is 2.24 bits per heavy atom. The van der Waals surface area contributed by atoms with Gasteiger partial charge in [-0.25, -0.2) is 4.68 Å². The van der Waals surface area contributed by atoms with Gasteiger partial charge in [-0.1, -0.05) is 25.7 Å². The van der Waals surface area contributed by atoms with E-state index in [2.05, 4.69) is 26.3 Å². The van der Waals surface area contributed by atoms with Gasteiger partial charge < -0.3 is 10.1 Å². The molecule has 0 amide bonds. The molecule has 0 aromatic carbocycles. The van der Waals surface area contributed by atoms with Crippen LogP contribution in [0.2, 0.25) is 0 Å². The molecule has 1 aliphatic carbocycles. The molecular weight excluding hydrogens is 334 g/mol. The van der Waals surface area contributed by atoms with Crippen LogP contribution in [-0.4, -0.2) is 30.0 Å². The molecule has 2 rings (SSSR count). The lowest BCUT2D eigenvalue weighted by Gasteiger charge is -2.12. The maximum absolute atomic E-state index is 12.1. The summed E-state index contributed by atoms with van der Waals surface area (Å²) >= 11 is 3.36. The topological polar surface area (TPSA) is 56.1 Å². The average molecular weight is 358 g/mol. The Morgan fingerprint density at radius 3 is 2.95 bits per heavy atom. The van der Waals surface area contributed by atoms with Crippen molar-refractivity contribution in [2.45, 2.75) is 45.1 Å². The highest BCUT2D eigenvalue weighted by atomic mass is 79.9. The Hall–Kier alpha value is -0.880. The van der Waals surface area contributed by atoms with Crippen LogP contribution < -0.4 is 10.9 Å². The zero-order chi connectivity index (χ0) is 15.1. The maximum Gasteiger partial charge on any atom is 0.283 e. The van der Waals surface area contributed by atoms with E-state index in [1.807, 2.05) is 0 Å². The zero-order valence-electron chi connectivity index (χ0n) is 12.6. The van der Waals surface area contributed by atoms with Crippen molar-refractivity contribution in [3.63, 3.8) is 0 Å². The molecule has 1 saturated carbocycles. The molecule has 0 unspecified atom stereocenters. The molecule has 1 aromatic heterocycles. The minimum absolute atomic E-state index is 0.118. The Balaban J connectivity index is 1.82. The predicted molar refractivity (Wildman–Crippen MR) is 87.8 cm³/mol. The van der Waals surface area contributed by atoms with Crippen LogP contribution >= 0.6 is 15.9 Å². The van der Waals surface area contributed by atoms with Gasteiger partial charge in [0.05, 0.1) is 25.0 Å². The van der Waals surface area contributed by atoms with Crippen molar-refractivity contribution >= 4 is 21.6 Å². The van der Waals surface area contributed by atoms with Crippen molar-refractivity contribution in [3.8, 4) is 0 Å². The molecule has 0 spiro atoms. The number of nitrogens with zero attached hydrogens (tertiary/aromatic N) is 2. The van der Waals surface area contributed by atoms with Crippen molar-refractivity contribution in [2.24, 2.45) is 5.92 Å². The number of methoxy groups -OCH3 is 1. The Morgan fingerprint density at radius 1 is 1.48 bits per heavy atom. The first-order valence-corrected chi connectivity index (χ1v) is 8.50. The van der Waals surface area contributed by atoms with Crippen LogP contribution in [0.5, 0.6) is 0 Å². The monoisotopic (exact) mass is 357 g/mol. The number of rotatable bonds is 8. The van der Waals surface area contributed by atoms with Crippen LogP contribution in [0.4, 0.5) is 5.69 Å². The number of halogens is 1. The van der Waals surface area contributed by atoms with Gasteiger partial charge in [-0.3, -0.25) is 4.79 Å².